The van der Waals surface area contributed by atoms with E-state index in [2.05, 4.69) is 60.2 Å². The van der Waals surface area contributed by atoms with Crippen LogP contribution in [-0.4, -0.2) is 44.8 Å². The largest absolute Gasteiger partial charge is 0.459 e. The number of halogens is 1. The Kier molecular flexibility index (Phi) is 5.66. The number of hydrogen-bond acceptors (Lipinski definition) is 5. The third-order valence-corrected chi connectivity index (χ3v) is 9.05. The molecule has 6 heteroatoms. The van der Waals surface area contributed by atoms with Crippen LogP contribution in [0.3, 0.4) is 0 Å². The molecule has 5 nitrogen and oxygen atoms in total. The number of morpholine rings is 1. The summed E-state index contributed by atoms with van der Waals surface area (Å²) in [5.74, 6) is 0.995. The van der Waals surface area contributed by atoms with Gasteiger partial charge >= 0.3 is 0 Å². The lowest BCUT2D eigenvalue weighted by Gasteiger charge is -2.51. The fourth-order valence-corrected chi connectivity index (χ4v) is 7.43. The van der Waals surface area contributed by atoms with Gasteiger partial charge in [0, 0.05) is 47.8 Å². The van der Waals surface area contributed by atoms with Crippen LogP contribution in [0.25, 0.3) is 10.8 Å². The third kappa shape index (κ3) is 3.42. The summed E-state index contributed by atoms with van der Waals surface area (Å²) in [5, 5.41) is 2.29. The number of ether oxygens (including phenoxy) is 2. The van der Waals surface area contributed by atoms with Crippen LogP contribution in [0.5, 0.6) is 5.75 Å². The van der Waals surface area contributed by atoms with Crippen LogP contribution in [0.4, 0.5) is 21.5 Å². The van der Waals surface area contributed by atoms with E-state index in [9.17, 15) is 4.39 Å². The standard InChI is InChI=1S/C32H36FN3O2/c1-22(2)20-36-28-18-23(33)10-11-26(28)31(12-6-3-7-13-31)32(36)21-34-30-25-9-5-4-8-24(25)27(19-29(30)38-32)35-14-16-37-17-15-35/h4-5,8-11,18-19,21-22H,3,6-7,12-17,20H2,1-2H3. The second-order valence-corrected chi connectivity index (χ2v) is 11.8. The van der Waals surface area contributed by atoms with Crippen molar-refractivity contribution in [2.75, 3.05) is 42.6 Å². The second-order valence-electron chi connectivity index (χ2n) is 11.8. The van der Waals surface area contributed by atoms with E-state index in [0.29, 0.717) is 5.92 Å². The first-order chi connectivity index (χ1) is 18.5. The van der Waals surface area contributed by atoms with Gasteiger partial charge in [-0.2, -0.15) is 0 Å². The number of hydrogen-bond donors (Lipinski definition) is 0. The second kappa shape index (κ2) is 8.98. The maximum Gasteiger partial charge on any atom is 0.229 e. The Balaban J connectivity index is 1.44. The molecule has 3 aliphatic heterocycles. The highest BCUT2D eigenvalue weighted by molar-refractivity contribution is 6.06. The molecule has 4 aliphatic rings. The van der Waals surface area contributed by atoms with Gasteiger partial charge in [0.1, 0.15) is 11.5 Å². The zero-order valence-corrected chi connectivity index (χ0v) is 22.4. The van der Waals surface area contributed by atoms with Crippen LogP contribution in [0, 0.1) is 11.7 Å². The number of fused-ring (bicyclic) bond motifs is 6. The van der Waals surface area contributed by atoms with Crippen molar-refractivity contribution >= 4 is 34.0 Å². The zero-order chi connectivity index (χ0) is 25.9. The highest BCUT2D eigenvalue weighted by Crippen LogP contribution is 2.61. The van der Waals surface area contributed by atoms with Gasteiger partial charge in [0.2, 0.25) is 5.72 Å². The molecule has 0 bridgehead atoms. The van der Waals surface area contributed by atoms with E-state index in [4.69, 9.17) is 14.5 Å². The molecule has 1 saturated carbocycles. The molecule has 3 aromatic carbocycles. The molecule has 0 aromatic heterocycles. The highest BCUT2D eigenvalue weighted by Gasteiger charge is 2.64. The average Bonchev–Trinajstić information content (AvgIpc) is 3.12. The van der Waals surface area contributed by atoms with Crippen molar-refractivity contribution in [1.29, 1.82) is 0 Å². The van der Waals surface area contributed by atoms with Gasteiger partial charge in [-0.3, -0.25) is 4.99 Å². The summed E-state index contributed by atoms with van der Waals surface area (Å²) in [6.45, 7) is 8.36. The quantitative estimate of drug-likeness (QED) is 0.379. The van der Waals surface area contributed by atoms with Crippen molar-refractivity contribution in [1.82, 2.24) is 0 Å². The smallest absolute Gasteiger partial charge is 0.229 e. The van der Waals surface area contributed by atoms with E-state index < -0.39 is 5.72 Å². The molecule has 7 rings (SSSR count). The van der Waals surface area contributed by atoms with Gasteiger partial charge in [-0.05, 0) is 36.5 Å². The average molecular weight is 514 g/mol. The van der Waals surface area contributed by atoms with Gasteiger partial charge < -0.3 is 19.3 Å². The maximum absolute atomic E-state index is 14.7. The lowest BCUT2D eigenvalue weighted by molar-refractivity contribution is 0.0347. The SMILES string of the molecule is CC(C)CN1c2cc(F)ccc2C2(CCCCC2)C12C=Nc1c(cc(N3CCOCC3)c3ccccc13)O2. The van der Waals surface area contributed by atoms with Crippen LogP contribution < -0.4 is 14.5 Å². The first kappa shape index (κ1) is 24.0. The minimum absolute atomic E-state index is 0.200. The molecule has 0 radical (unpaired) electrons. The Morgan fingerprint density at radius 3 is 2.47 bits per heavy atom. The van der Waals surface area contributed by atoms with Crippen LogP contribution in [-0.2, 0) is 10.2 Å². The van der Waals surface area contributed by atoms with Crippen LogP contribution in [0.15, 0.2) is 53.5 Å². The van der Waals surface area contributed by atoms with Crippen LogP contribution >= 0.6 is 0 Å². The molecule has 1 unspecified atom stereocenters. The highest BCUT2D eigenvalue weighted by atomic mass is 19.1. The molecule has 2 fully saturated rings. The molecular weight excluding hydrogens is 477 g/mol. The van der Waals surface area contributed by atoms with Gasteiger partial charge in [0.15, 0.2) is 5.75 Å². The summed E-state index contributed by atoms with van der Waals surface area (Å²) in [4.78, 5) is 9.96. The van der Waals surface area contributed by atoms with Crippen molar-refractivity contribution in [3.05, 3.63) is 59.9 Å². The van der Waals surface area contributed by atoms with Crippen molar-refractivity contribution in [3.63, 3.8) is 0 Å². The predicted molar refractivity (Wildman–Crippen MR) is 152 cm³/mol. The molecule has 1 aliphatic carbocycles. The fourth-order valence-electron chi connectivity index (χ4n) is 7.43. The van der Waals surface area contributed by atoms with E-state index >= 15 is 0 Å². The maximum atomic E-state index is 14.7. The third-order valence-electron chi connectivity index (χ3n) is 9.05. The molecule has 38 heavy (non-hydrogen) atoms. The Bertz CT molecular complexity index is 1410. The van der Waals surface area contributed by atoms with Gasteiger partial charge in [-0.15, -0.1) is 0 Å². The summed E-state index contributed by atoms with van der Waals surface area (Å²) in [5.41, 5.74) is 3.18. The summed E-state index contributed by atoms with van der Waals surface area (Å²) in [6, 6.07) is 16.1. The number of anilines is 2. The molecule has 2 spiro atoms. The minimum Gasteiger partial charge on any atom is -0.459 e. The summed E-state index contributed by atoms with van der Waals surface area (Å²) in [7, 11) is 0. The van der Waals surface area contributed by atoms with Crippen molar-refractivity contribution in [2.45, 2.75) is 57.1 Å². The first-order valence-electron chi connectivity index (χ1n) is 14.2. The van der Waals surface area contributed by atoms with E-state index in [0.717, 1.165) is 81.0 Å². The number of rotatable bonds is 3. The van der Waals surface area contributed by atoms with Crippen molar-refractivity contribution < 1.29 is 13.9 Å². The molecule has 3 heterocycles. The molecular formula is C32H36FN3O2. The molecule has 1 saturated heterocycles. The van der Waals surface area contributed by atoms with E-state index in [1.165, 1.54) is 23.1 Å². The van der Waals surface area contributed by atoms with Gasteiger partial charge in [0.25, 0.3) is 0 Å². The van der Waals surface area contributed by atoms with E-state index in [1.54, 1.807) is 12.1 Å². The fraction of sp³-hybridized carbons (Fsp3) is 0.469. The minimum atomic E-state index is -0.786. The predicted octanol–water partition coefficient (Wildman–Crippen LogP) is 6.98. The monoisotopic (exact) mass is 513 g/mol. The lowest BCUT2D eigenvalue weighted by Crippen LogP contribution is -2.65. The van der Waals surface area contributed by atoms with Crippen molar-refractivity contribution in [3.8, 4) is 5.75 Å². The summed E-state index contributed by atoms with van der Waals surface area (Å²) >= 11 is 0. The topological polar surface area (TPSA) is 37.3 Å². The van der Waals surface area contributed by atoms with E-state index in [1.807, 2.05) is 6.07 Å². The lowest BCUT2D eigenvalue weighted by atomic mass is 9.64. The van der Waals surface area contributed by atoms with Crippen LogP contribution in [0.2, 0.25) is 0 Å². The van der Waals surface area contributed by atoms with Gasteiger partial charge in [-0.25, -0.2) is 4.39 Å². The number of benzene rings is 3. The van der Waals surface area contributed by atoms with Gasteiger partial charge in [-0.1, -0.05) is 63.4 Å². The Labute approximate surface area is 224 Å². The number of nitrogens with zero attached hydrogens (tertiary/aromatic N) is 3. The Hall–Kier alpha value is -3.12. The zero-order valence-electron chi connectivity index (χ0n) is 22.4. The Morgan fingerprint density at radius 1 is 0.947 bits per heavy atom. The molecule has 0 amide bonds. The first-order valence-corrected chi connectivity index (χ1v) is 14.2. The normalized spacial score (nSPS) is 23.8. The Morgan fingerprint density at radius 2 is 1.71 bits per heavy atom. The van der Waals surface area contributed by atoms with E-state index in [-0.39, 0.29) is 11.2 Å². The molecule has 1 atom stereocenters. The number of aliphatic imine (C=N–C) groups is 1. The van der Waals surface area contributed by atoms with Crippen LogP contribution in [0.1, 0.15) is 51.5 Å². The summed E-state index contributed by atoms with van der Waals surface area (Å²) < 4.78 is 27.7. The molecule has 3 aromatic rings. The summed E-state index contributed by atoms with van der Waals surface area (Å²) in [6.07, 6.45) is 7.57. The molecule has 0 N–H and O–H groups in total. The molecule has 198 valence electrons. The van der Waals surface area contributed by atoms with Crippen molar-refractivity contribution in [2.24, 2.45) is 10.9 Å². The van der Waals surface area contributed by atoms with Gasteiger partial charge in [0.05, 0.1) is 24.8 Å².